The van der Waals surface area contributed by atoms with E-state index >= 15 is 4.11 Å². The molecule has 0 heterocycles. The molecule has 0 N–H and O–H groups in total. The highest BCUT2D eigenvalue weighted by molar-refractivity contribution is 6.73. The van der Waals surface area contributed by atoms with E-state index in [9.17, 15) is 8.22 Å². The van der Waals surface area contributed by atoms with Crippen LogP contribution in [-0.2, 0) is 0 Å². The van der Waals surface area contributed by atoms with Crippen molar-refractivity contribution in [2.75, 3.05) is 0 Å². The summed E-state index contributed by atoms with van der Waals surface area (Å²) in [7, 11) is -6.82. The normalized spacial score (nSPS) is 12.5. The quantitative estimate of drug-likeness (QED) is 0.0619. The summed E-state index contributed by atoms with van der Waals surface area (Å²) in [6.07, 6.45) is 22.0. The van der Waals surface area contributed by atoms with E-state index in [0.717, 1.165) is 50.6 Å². The monoisotopic (exact) mass is 508 g/mol. The van der Waals surface area contributed by atoms with Crippen LogP contribution in [0.2, 0.25) is 30.2 Å². The molecule has 0 aromatic heterocycles. The highest BCUT2D eigenvalue weighted by atomic mass is 28.4. The molecule has 0 saturated carbocycles. The minimum absolute atomic E-state index is 0.0977. The Morgan fingerprint density at radius 2 is 0.576 bits per heavy atom. The third-order valence-electron chi connectivity index (χ3n) is 7.27. The van der Waals surface area contributed by atoms with Gasteiger partial charge in [0.1, 0.15) is 0 Å². The summed E-state index contributed by atoms with van der Waals surface area (Å²) >= 11 is 0. The van der Waals surface area contributed by atoms with Crippen molar-refractivity contribution in [2.24, 2.45) is 0 Å². The van der Waals surface area contributed by atoms with Crippen LogP contribution < -0.4 is 0 Å². The molecule has 0 fully saturated rings. The lowest BCUT2D eigenvalue weighted by Gasteiger charge is -2.23. The highest BCUT2D eigenvalue weighted by Gasteiger charge is 2.35. The zero-order valence-corrected chi connectivity index (χ0v) is 24.8. The van der Waals surface area contributed by atoms with E-state index < -0.39 is 17.1 Å². The third-order valence-corrected chi connectivity index (χ3v) is 13.2. The lowest BCUT2D eigenvalue weighted by atomic mass is 10.1. The molecule has 200 valence electrons. The van der Waals surface area contributed by atoms with Gasteiger partial charge in [-0.15, -0.1) is 0 Å². The molecule has 0 nitrogen and oxygen atoms in total. The predicted molar refractivity (Wildman–Crippen MR) is 148 cm³/mol. The van der Waals surface area contributed by atoms with E-state index in [1.165, 1.54) is 70.6 Å². The molecule has 0 atom stereocenters. The van der Waals surface area contributed by atoms with Gasteiger partial charge in [0.05, 0.1) is 0 Å². The van der Waals surface area contributed by atoms with Crippen molar-refractivity contribution in [1.29, 1.82) is 0 Å². The molecule has 0 radical (unpaired) electrons. The second kappa shape index (κ2) is 22.7. The molecule has 0 aromatic carbocycles. The van der Waals surface area contributed by atoms with Gasteiger partial charge >= 0.3 is 8.74 Å². The second-order valence-electron chi connectivity index (χ2n) is 10.8. The molecular formula is C28H59F3Si2. The van der Waals surface area contributed by atoms with Gasteiger partial charge in [-0.1, -0.05) is 149 Å². The molecule has 0 unspecified atom stereocenters. The predicted octanol–water partition coefficient (Wildman–Crippen LogP) is 12.1. The first-order valence-corrected chi connectivity index (χ1v) is 19.6. The summed E-state index contributed by atoms with van der Waals surface area (Å²) in [4.78, 5) is 0. The van der Waals surface area contributed by atoms with Crippen LogP contribution in [0.15, 0.2) is 0 Å². The molecule has 0 saturated heterocycles. The molecule has 0 spiro atoms. The topological polar surface area (TPSA) is 0 Å². The Bertz CT molecular complexity index is 389. The Kier molecular flexibility index (Phi) is 22.8. The SMILES string of the molecule is CCCCCCCC[Si](F)(F)CCCC[Si](F)(CCCCCCCC)CCCCCCCC. The number of rotatable bonds is 26. The van der Waals surface area contributed by atoms with E-state index in [2.05, 4.69) is 20.8 Å². The maximum atomic E-state index is 15.9. The van der Waals surface area contributed by atoms with Crippen LogP contribution in [0.5, 0.6) is 0 Å². The van der Waals surface area contributed by atoms with Crippen LogP contribution in [0.25, 0.3) is 0 Å². The Hall–Kier alpha value is 0.224. The van der Waals surface area contributed by atoms with E-state index in [0.29, 0.717) is 25.3 Å². The molecule has 0 bridgehead atoms. The summed E-state index contributed by atoms with van der Waals surface area (Å²) in [5, 5.41) is 0. The largest absolute Gasteiger partial charge is 0.425 e. The average Bonchev–Trinajstić information content (AvgIpc) is 2.79. The minimum Gasteiger partial charge on any atom is -0.314 e. The van der Waals surface area contributed by atoms with Gasteiger partial charge in [-0.05, 0) is 30.2 Å². The van der Waals surface area contributed by atoms with Gasteiger partial charge in [0.2, 0.25) is 8.41 Å². The van der Waals surface area contributed by atoms with Gasteiger partial charge in [-0.2, -0.15) is 0 Å². The molecule has 0 amide bonds. The molecule has 0 aromatic rings. The zero-order chi connectivity index (χ0) is 24.7. The Labute approximate surface area is 208 Å². The summed E-state index contributed by atoms with van der Waals surface area (Å²) in [5.74, 6) is 0. The zero-order valence-electron chi connectivity index (χ0n) is 22.8. The summed E-state index contributed by atoms with van der Waals surface area (Å²) in [6.45, 7) is 6.62. The number of hydrogen-bond acceptors (Lipinski definition) is 0. The van der Waals surface area contributed by atoms with Crippen molar-refractivity contribution in [3.8, 4) is 0 Å². The Morgan fingerprint density at radius 3 is 0.939 bits per heavy atom. The van der Waals surface area contributed by atoms with Crippen molar-refractivity contribution in [2.45, 2.75) is 179 Å². The molecule has 0 aliphatic rings. The number of halogens is 3. The highest BCUT2D eigenvalue weighted by Crippen LogP contribution is 2.32. The van der Waals surface area contributed by atoms with Crippen molar-refractivity contribution in [1.82, 2.24) is 0 Å². The van der Waals surface area contributed by atoms with Gasteiger partial charge in [-0.25, -0.2) is 0 Å². The average molecular weight is 509 g/mol. The molecule has 33 heavy (non-hydrogen) atoms. The standard InChI is InChI=1S/C28H59F3Si2/c1-4-7-10-13-16-19-24-32(29,25-20-17-14-11-8-5-2)26-22-23-28-33(30,31)27-21-18-15-12-9-6-3/h4-28H2,1-3H3. The fourth-order valence-corrected chi connectivity index (χ4v) is 10.1. The van der Waals surface area contributed by atoms with E-state index in [4.69, 9.17) is 0 Å². The van der Waals surface area contributed by atoms with Crippen molar-refractivity contribution < 1.29 is 12.3 Å². The first kappa shape index (κ1) is 33.2. The lowest BCUT2D eigenvalue weighted by molar-refractivity contribution is 0.549. The molecule has 5 heteroatoms. The Balaban J connectivity index is 4.24. The van der Waals surface area contributed by atoms with Crippen molar-refractivity contribution >= 4 is 17.1 Å². The van der Waals surface area contributed by atoms with Gasteiger partial charge in [0.15, 0.2) is 0 Å². The van der Waals surface area contributed by atoms with Crippen LogP contribution in [-0.4, -0.2) is 17.1 Å². The van der Waals surface area contributed by atoms with Crippen LogP contribution >= 0.6 is 0 Å². The van der Waals surface area contributed by atoms with E-state index in [1.54, 1.807) is 0 Å². The first-order valence-electron chi connectivity index (χ1n) is 15.0. The Morgan fingerprint density at radius 1 is 0.333 bits per heavy atom. The fraction of sp³-hybridized carbons (Fsp3) is 1.00. The minimum atomic E-state index is -4.06. The number of hydrogen-bond donors (Lipinski definition) is 0. The van der Waals surface area contributed by atoms with Crippen LogP contribution in [0, 0.1) is 0 Å². The van der Waals surface area contributed by atoms with Crippen LogP contribution in [0.1, 0.15) is 149 Å². The lowest BCUT2D eigenvalue weighted by Crippen LogP contribution is -2.28. The second-order valence-corrected chi connectivity index (χ2v) is 17.3. The van der Waals surface area contributed by atoms with Crippen molar-refractivity contribution in [3.05, 3.63) is 0 Å². The number of unbranched alkanes of at least 4 members (excludes halogenated alkanes) is 16. The van der Waals surface area contributed by atoms with Gasteiger partial charge < -0.3 is 4.11 Å². The van der Waals surface area contributed by atoms with Crippen molar-refractivity contribution in [3.63, 3.8) is 0 Å². The molecular weight excluding hydrogens is 449 g/mol. The van der Waals surface area contributed by atoms with E-state index in [-0.39, 0.29) is 12.1 Å². The maximum Gasteiger partial charge on any atom is 0.425 e. The summed E-state index contributed by atoms with van der Waals surface area (Å²) in [5.41, 5.74) is 0. The van der Waals surface area contributed by atoms with Crippen LogP contribution in [0.4, 0.5) is 12.3 Å². The maximum absolute atomic E-state index is 15.9. The van der Waals surface area contributed by atoms with Gasteiger partial charge in [-0.3, -0.25) is 8.22 Å². The molecule has 0 rings (SSSR count). The third kappa shape index (κ3) is 22.4. The van der Waals surface area contributed by atoms with Gasteiger partial charge in [0.25, 0.3) is 0 Å². The summed E-state index contributed by atoms with van der Waals surface area (Å²) in [6, 6.07) is 2.45. The summed E-state index contributed by atoms with van der Waals surface area (Å²) < 4.78 is 44.6. The fourth-order valence-electron chi connectivity index (χ4n) is 4.93. The first-order chi connectivity index (χ1) is 15.9. The smallest absolute Gasteiger partial charge is 0.314 e. The van der Waals surface area contributed by atoms with Crippen LogP contribution in [0.3, 0.4) is 0 Å². The van der Waals surface area contributed by atoms with E-state index in [1.807, 2.05) is 0 Å². The molecule has 0 aliphatic carbocycles. The van der Waals surface area contributed by atoms with Gasteiger partial charge in [0, 0.05) is 0 Å². The molecule has 0 aliphatic heterocycles.